The van der Waals surface area contributed by atoms with Crippen LogP contribution in [0.5, 0.6) is 0 Å². The molecule has 2 aromatic rings. The Morgan fingerprint density at radius 1 is 0.952 bits per heavy atom. The van der Waals surface area contributed by atoms with Gasteiger partial charge in [-0.2, -0.15) is 0 Å². The Morgan fingerprint density at radius 3 is 2.19 bits per heavy atom. The van der Waals surface area contributed by atoms with Crippen molar-refractivity contribution in [3.8, 4) is 0 Å². The van der Waals surface area contributed by atoms with Crippen LogP contribution in [0.2, 0.25) is 0 Å². The van der Waals surface area contributed by atoms with E-state index in [0.717, 1.165) is 24.3 Å². The zero-order valence-corrected chi connectivity index (χ0v) is 12.3. The smallest absolute Gasteiger partial charge is 0.258 e. The molecular formula is C18H20N2O. The third-order valence-corrected chi connectivity index (χ3v) is 4.03. The molecule has 0 radical (unpaired) electrons. The first-order valence-electron chi connectivity index (χ1n) is 7.44. The zero-order valence-electron chi connectivity index (χ0n) is 12.3. The molecule has 0 aromatic heterocycles. The summed E-state index contributed by atoms with van der Waals surface area (Å²) >= 11 is 0. The standard InChI is InChI=1S/C18H20N2O/c1-19(16-7-3-2-4-8-16)18(21)15-9-11-17(12-10-15)20-13-5-6-14-20/h2-4,7-12H,5-6,13-14H2,1H3. The van der Waals surface area contributed by atoms with E-state index in [0.29, 0.717) is 0 Å². The first-order chi connectivity index (χ1) is 10.3. The molecule has 1 saturated heterocycles. The molecule has 0 aliphatic carbocycles. The van der Waals surface area contributed by atoms with E-state index in [4.69, 9.17) is 0 Å². The molecule has 0 N–H and O–H groups in total. The number of nitrogens with zero attached hydrogens (tertiary/aromatic N) is 2. The zero-order chi connectivity index (χ0) is 14.7. The van der Waals surface area contributed by atoms with Gasteiger partial charge in [-0.3, -0.25) is 4.79 Å². The van der Waals surface area contributed by atoms with Gasteiger partial charge in [-0.25, -0.2) is 0 Å². The van der Waals surface area contributed by atoms with Gasteiger partial charge in [-0.1, -0.05) is 18.2 Å². The van der Waals surface area contributed by atoms with Gasteiger partial charge in [0.1, 0.15) is 0 Å². The number of hydrogen-bond donors (Lipinski definition) is 0. The molecule has 21 heavy (non-hydrogen) atoms. The summed E-state index contributed by atoms with van der Waals surface area (Å²) < 4.78 is 0. The van der Waals surface area contributed by atoms with Crippen molar-refractivity contribution >= 4 is 17.3 Å². The quantitative estimate of drug-likeness (QED) is 0.858. The van der Waals surface area contributed by atoms with Gasteiger partial charge in [0, 0.05) is 37.1 Å². The first kappa shape index (κ1) is 13.7. The molecule has 1 heterocycles. The number of benzene rings is 2. The molecule has 1 amide bonds. The van der Waals surface area contributed by atoms with Gasteiger partial charge in [0.25, 0.3) is 5.91 Å². The number of carbonyl (C=O) groups excluding carboxylic acids is 1. The SMILES string of the molecule is CN(C(=O)c1ccc(N2CCCC2)cc1)c1ccccc1. The molecule has 108 valence electrons. The van der Waals surface area contributed by atoms with E-state index in [-0.39, 0.29) is 5.91 Å². The van der Waals surface area contributed by atoms with Crippen LogP contribution in [0, 0.1) is 0 Å². The minimum atomic E-state index is 0.0224. The number of hydrogen-bond acceptors (Lipinski definition) is 2. The van der Waals surface area contributed by atoms with Crippen LogP contribution in [-0.2, 0) is 0 Å². The molecule has 3 heteroatoms. The highest BCUT2D eigenvalue weighted by Gasteiger charge is 2.15. The lowest BCUT2D eigenvalue weighted by atomic mass is 10.1. The van der Waals surface area contributed by atoms with Crippen LogP contribution in [0.15, 0.2) is 54.6 Å². The summed E-state index contributed by atoms with van der Waals surface area (Å²) in [5.74, 6) is 0.0224. The molecule has 3 rings (SSSR count). The number of carbonyl (C=O) groups is 1. The Balaban J connectivity index is 1.75. The average molecular weight is 280 g/mol. The molecule has 0 atom stereocenters. The van der Waals surface area contributed by atoms with Crippen molar-refractivity contribution in [2.45, 2.75) is 12.8 Å². The lowest BCUT2D eigenvalue weighted by molar-refractivity contribution is 0.0993. The highest BCUT2D eigenvalue weighted by molar-refractivity contribution is 6.05. The Hall–Kier alpha value is -2.29. The summed E-state index contributed by atoms with van der Waals surface area (Å²) in [6.45, 7) is 2.24. The van der Waals surface area contributed by atoms with Crippen molar-refractivity contribution in [1.29, 1.82) is 0 Å². The third kappa shape index (κ3) is 2.92. The summed E-state index contributed by atoms with van der Waals surface area (Å²) in [5, 5.41) is 0. The van der Waals surface area contributed by atoms with Gasteiger partial charge in [-0.05, 0) is 49.2 Å². The molecule has 0 unspecified atom stereocenters. The van der Waals surface area contributed by atoms with E-state index < -0.39 is 0 Å². The maximum atomic E-state index is 12.5. The summed E-state index contributed by atoms with van der Waals surface area (Å²) in [6.07, 6.45) is 2.52. The fourth-order valence-electron chi connectivity index (χ4n) is 2.75. The van der Waals surface area contributed by atoms with Crippen molar-refractivity contribution in [2.75, 3.05) is 29.9 Å². The fraction of sp³-hybridized carbons (Fsp3) is 0.278. The van der Waals surface area contributed by atoms with Crippen LogP contribution < -0.4 is 9.80 Å². The van der Waals surface area contributed by atoms with Gasteiger partial charge in [0.15, 0.2) is 0 Å². The number of para-hydroxylation sites is 1. The molecular weight excluding hydrogens is 260 g/mol. The molecule has 0 bridgehead atoms. The number of anilines is 2. The fourth-order valence-corrected chi connectivity index (χ4v) is 2.75. The second-order valence-electron chi connectivity index (χ2n) is 5.44. The van der Waals surface area contributed by atoms with Crippen molar-refractivity contribution in [3.05, 3.63) is 60.2 Å². The van der Waals surface area contributed by atoms with Gasteiger partial charge in [0.2, 0.25) is 0 Å². The van der Waals surface area contributed by atoms with E-state index in [2.05, 4.69) is 17.0 Å². The minimum Gasteiger partial charge on any atom is -0.372 e. The van der Waals surface area contributed by atoms with Gasteiger partial charge in [-0.15, -0.1) is 0 Å². The van der Waals surface area contributed by atoms with Crippen LogP contribution in [0.3, 0.4) is 0 Å². The van der Waals surface area contributed by atoms with Crippen molar-refractivity contribution in [1.82, 2.24) is 0 Å². The number of rotatable bonds is 3. The van der Waals surface area contributed by atoms with E-state index in [1.54, 1.807) is 4.90 Å². The summed E-state index contributed by atoms with van der Waals surface area (Å²) in [6, 6.07) is 17.7. The van der Waals surface area contributed by atoms with E-state index in [1.165, 1.54) is 18.5 Å². The molecule has 1 aliphatic heterocycles. The van der Waals surface area contributed by atoms with E-state index in [9.17, 15) is 4.79 Å². The van der Waals surface area contributed by atoms with Crippen molar-refractivity contribution in [2.24, 2.45) is 0 Å². The van der Waals surface area contributed by atoms with Gasteiger partial charge >= 0.3 is 0 Å². The molecule has 3 nitrogen and oxygen atoms in total. The van der Waals surface area contributed by atoms with Crippen molar-refractivity contribution in [3.63, 3.8) is 0 Å². The molecule has 0 saturated carbocycles. The first-order valence-corrected chi connectivity index (χ1v) is 7.44. The van der Waals surface area contributed by atoms with Gasteiger partial charge in [0.05, 0.1) is 0 Å². The van der Waals surface area contributed by atoms with Crippen LogP contribution in [-0.4, -0.2) is 26.0 Å². The molecule has 1 fully saturated rings. The van der Waals surface area contributed by atoms with Crippen molar-refractivity contribution < 1.29 is 4.79 Å². The second kappa shape index (κ2) is 6.00. The normalized spacial score (nSPS) is 14.2. The second-order valence-corrected chi connectivity index (χ2v) is 5.44. The third-order valence-electron chi connectivity index (χ3n) is 4.03. The van der Waals surface area contributed by atoms with Crippen LogP contribution in [0.25, 0.3) is 0 Å². The Morgan fingerprint density at radius 2 is 1.57 bits per heavy atom. The topological polar surface area (TPSA) is 23.6 Å². The lowest BCUT2D eigenvalue weighted by Gasteiger charge is -2.20. The van der Waals surface area contributed by atoms with Gasteiger partial charge < -0.3 is 9.80 Å². The van der Waals surface area contributed by atoms with Crippen LogP contribution >= 0.6 is 0 Å². The maximum absolute atomic E-state index is 12.5. The summed E-state index contributed by atoms with van der Waals surface area (Å²) in [7, 11) is 1.81. The minimum absolute atomic E-state index is 0.0224. The Labute approximate surface area is 125 Å². The molecule has 0 spiro atoms. The molecule has 2 aromatic carbocycles. The molecule has 1 aliphatic rings. The Bertz CT molecular complexity index is 601. The summed E-state index contributed by atoms with van der Waals surface area (Å²) in [5.41, 5.74) is 2.85. The monoisotopic (exact) mass is 280 g/mol. The van der Waals surface area contributed by atoms with E-state index in [1.807, 2.05) is 49.5 Å². The Kier molecular flexibility index (Phi) is 3.91. The number of amides is 1. The average Bonchev–Trinajstić information content (AvgIpc) is 3.09. The highest BCUT2D eigenvalue weighted by atomic mass is 16.2. The predicted octanol–water partition coefficient (Wildman–Crippen LogP) is 3.56. The van der Waals surface area contributed by atoms with Crippen LogP contribution in [0.1, 0.15) is 23.2 Å². The maximum Gasteiger partial charge on any atom is 0.258 e. The highest BCUT2D eigenvalue weighted by Crippen LogP contribution is 2.21. The van der Waals surface area contributed by atoms with E-state index >= 15 is 0 Å². The largest absolute Gasteiger partial charge is 0.372 e. The van der Waals surface area contributed by atoms with Crippen LogP contribution in [0.4, 0.5) is 11.4 Å². The predicted molar refractivity (Wildman–Crippen MR) is 87.1 cm³/mol. The summed E-state index contributed by atoms with van der Waals surface area (Å²) in [4.78, 5) is 16.5. The lowest BCUT2D eigenvalue weighted by Crippen LogP contribution is -2.26.